The van der Waals surface area contributed by atoms with Gasteiger partial charge in [-0.2, -0.15) is 0 Å². The van der Waals surface area contributed by atoms with Crippen molar-refractivity contribution in [2.45, 2.75) is 173 Å². The van der Waals surface area contributed by atoms with E-state index in [1.54, 1.807) is 0 Å². The summed E-state index contributed by atoms with van der Waals surface area (Å²) >= 11 is 0. The molecule has 0 saturated carbocycles. The Morgan fingerprint density at radius 1 is 0.197 bits per heavy atom. The normalized spacial score (nSPS) is 16.5. The van der Waals surface area contributed by atoms with E-state index in [9.17, 15) is 0 Å². The number of furan rings is 1. The van der Waals surface area contributed by atoms with Crippen LogP contribution in [0.5, 0.6) is 0 Å². The molecule has 4 heterocycles. The van der Waals surface area contributed by atoms with Gasteiger partial charge < -0.3 is 8.98 Å². The van der Waals surface area contributed by atoms with Gasteiger partial charge >= 0.3 is 0 Å². The largest absolute Gasteiger partial charge is 0.456 e. The Hall–Kier alpha value is -14.9. The second-order valence-electron chi connectivity index (χ2n) is 43.7. The monoisotopic (exact) mass is 1770 g/mol. The molecule has 20 aromatic rings. The van der Waals surface area contributed by atoms with Crippen molar-refractivity contribution in [1.29, 1.82) is 0 Å². The van der Waals surface area contributed by atoms with E-state index in [1.165, 1.54) is 161 Å². The predicted molar refractivity (Wildman–Crippen MR) is 567 cm³/mol. The van der Waals surface area contributed by atoms with E-state index < -0.39 is 0 Å². The number of para-hydroxylation sites is 3. The smallest absolute Gasteiger partial charge is 0.164 e. The number of hydrogen-bond acceptors (Lipinski definition) is 7. The second kappa shape index (κ2) is 30.1. The maximum atomic E-state index is 6.26. The highest BCUT2D eigenvalue weighted by Gasteiger charge is 2.53. The van der Waals surface area contributed by atoms with Gasteiger partial charge in [0.25, 0.3) is 0 Å². The highest BCUT2D eigenvalue weighted by Crippen LogP contribution is 2.64. The Balaban J connectivity index is 0.000000113. The summed E-state index contributed by atoms with van der Waals surface area (Å²) in [5.41, 5.74) is 43.7. The number of hydrogen-bond donors (Lipinski definition) is 0. The van der Waals surface area contributed by atoms with Gasteiger partial charge in [0.05, 0.1) is 11.0 Å². The molecule has 0 radical (unpaired) electrons. The number of fused-ring (bicyclic) bond motifs is 25. The van der Waals surface area contributed by atoms with Gasteiger partial charge in [-0.25, -0.2) is 29.9 Å². The van der Waals surface area contributed by atoms with Crippen LogP contribution in [0.15, 0.2) is 350 Å². The van der Waals surface area contributed by atoms with Crippen LogP contribution in [0.2, 0.25) is 0 Å². The van der Waals surface area contributed by atoms with Gasteiger partial charge in [-0.1, -0.05) is 404 Å². The first-order valence-corrected chi connectivity index (χ1v) is 48.6. The molecule has 0 bridgehead atoms. The van der Waals surface area contributed by atoms with Crippen molar-refractivity contribution in [3.63, 3.8) is 0 Å². The molecule has 4 aromatic heterocycles. The predicted octanol–water partition coefficient (Wildman–Crippen LogP) is 33.1. The average Bonchev–Trinajstić information content (AvgIpc) is 1.58. The lowest BCUT2D eigenvalue weighted by Crippen LogP contribution is -2.44. The molecule has 8 heteroatoms. The fourth-order valence-electron chi connectivity index (χ4n) is 24.4. The molecule has 0 amide bonds. The third-order valence-electron chi connectivity index (χ3n) is 34.1. The molecule has 0 fully saturated rings. The van der Waals surface area contributed by atoms with E-state index in [4.69, 9.17) is 34.3 Å². The number of nitrogens with zero attached hydrogens (tertiary/aromatic N) is 7. The minimum atomic E-state index is -0.221. The molecule has 0 unspecified atom stereocenters. The summed E-state index contributed by atoms with van der Waals surface area (Å²) in [6, 6.07) is 125. The highest BCUT2D eigenvalue weighted by atomic mass is 16.3. The van der Waals surface area contributed by atoms with Crippen LogP contribution in [0, 0.1) is 0 Å². The zero-order valence-corrected chi connectivity index (χ0v) is 81.4. The summed E-state index contributed by atoms with van der Waals surface area (Å²) in [5.74, 6) is 3.97. The fraction of sp³-hybridized carbons (Fsp3) is 0.209. The third kappa shape index (κ3) is 12.4. The Labute approximate surface area is 803 Å². The first kappa shape index (κ1) is 85.1. The molecule has 6 aliphatic carbocycles. The van der Waals surface area contributed by atoms with Crippen LogP contribution >= 0.6 is 0 Å². The quantitative estimate of drug-likeness (QED) is 0.157. The average molecular weight is 1780 g/mol. The topological polar surface area (TPSA) is 95.4 Å². The zero-order chi connectivity index (χ0) is 94.3. The van der Waals surface area contributed by atoms with Gasteiger partial charge in [0.1, 0.15) is 11.2 Å². The van der Waals surface area contributed by atoms with Gasteiger partial charge in [0.2, 0.25) is 0 Å². The minimum Gasteiger partial charge on any atom is -0.456 e. The Bertz CT molecular complexity index is 8370. The number of aromatic nitrogens is 7. The number of benzene rings is 16. The standard InChI is InChI=1S/C48H39N3O.C42H37N3.C39H35N/c1-46(2)37-25-29(23-24-31(37)34-27-39-35(26-38(34)46)30-17-10-12-20-36(30)47(3,4)48(39,5)6)44-49-43(28-15-8-7-9-16-28)50-45(51-44)33-19-14-22-41-42(33)32-18-11-13-21-40(32)52-41;1-40(2)34-23-28(39-44-37(26-15-9-7-10-16-26)43-38(45-39)27-17-11-8-12-18-27)21-22-30(34)31-24-32-29-19-13-14-20-33(29)41(3,4)42(5,6)36(32)25-35(31)40;1-37(2)32-23-24(40-33-17-11-8-13-26(33)27-14-9-12-18-34(27)40)19-20-25(32)28-21-22-31-35(36(28)37)29-15-7-10-16-30(29)38(3,4)39(31,5)6/h7-27H,1-6H3;7-25H,1-6H3;7-23H,1-6H3. The molecule has 0 N–H and O–H groups in total. The van der Waals surface area contributed by atoms with Gasteiger partial charge in [-0.15, -0.1) is 0 Å². The SMILES string of the molecule is CC1(C)c2cc(-c3nc(-c4ccccc4)nc(-c4cccc5oc6ccccc6c45)n3)ccc2-c2cc3c(cc21)-c1ccccc1C(C)(C)C3(C)C.CC1(C)c2cc(-c3nc(-c4ccccc4)nc(-c4ccccc4)n3)ccc2-c2cc3c(cc21)C(C)(C)C(C)(C)c1ccccc1-3.CC1(C)c2cc(-n3c4ccccc4c4ccccc43)ccc2-c2ccc3c(c21)-c1ccccc1C(C)(C)C3(C)C. The lowest BCUT2D eigenvalue weighted by molar-refractivity contribution is 0.298. The molecule has 26 rings (SSSR count). The molecule has 0 atom stereocenters. The molecule has 6 aliphatic rings. The molecule has 668 valence electrons. The van der Waals surface area contributed by atoms with Crippen LogP contribution in [0.25, 0.3) is 185 Å². The van der Waals surface area contributed by atoms with Crippen LogP contribution in [0.3, 0.4) is 0 Å². The summed E-state index contributed by atoms with van der Waals surface area (Å²) in [7, 11) is 0. The number of rotatable bonds is 7. The molecule has 16 aromatic carbocycles. The molecule has 137 heavy (non-hydrogen) atoms. The first-order valence-electron chi connectivity index (χ1n) is 48.6. The minimum absolute atomic E-state index is 0.000791. The van der Waals surface area contributed by atoms with Crippen LogP contribution in [-0.2, 0) is 48.7 Å². The molecular formula is C129H111N7O. The van der Waals surface area contributed by atoms with Crippen molar-refractivity contribution in [2.75, 3.05) is 0 Å². The van der Waals surface area contributed by atoms with Crippen molar-refractivity contribution >= 4 is 43.7 Å². The highest BCUT2D eigenvalue weighted by molar-refractivity contribution is 6.12. The Kier molecular flexibility index (Phi) is 18.7. The maximum absolute atomic E-state index is 6.26. The first-order chi connectivity index (χ1) is 65.7. The second-order valence-corrected chi connectivity index (χ2v) is 43.7. The van der Waals surface area contributed by atoms with E-state index in [2.05, 4.69) is 390 Å². The van der Waals surface area contributed by atoms with E-state index in [0.29, 0.717) is 34.9 Å². The Morgan fingerprint density at radius 3 is 1.06 bits per heavy atom. The van der Waals surface area contributed by atoms with Gasteiger partial charge in [0.15, 0.2) is 34.9 Å². The zero-order valence-electron chi connectivity index (χ0n) is 81.4. The molecule has 0 saturated heterocycles. The van der Waals surface area contributed by atoms with E-state index in [-0.39, 0.29) is 48.7 Å². The van der Waals surface area contributed by atoms with Gasteiger partial charge in [-0.05, 0) is 233 Å². The van der Waals surface area contributed by atoms with Crippen molar-refractivity contribution < 1.29 is 4.42 Å². The van der Waals surface area contributed by atoms with E-state index >= 15 is 0 Å². The third-order valence-corrected chi connectivity index (χ3v) is 34.1. The van der Waals surface area contributed by atoms with Crippen LogP contribution in [-0.4, -0.2) is 34.5 Å². The van der Waals surface area contributed by atoms with Crippen molar-refractivity contribution in [2.24, 2.45) is 0 Å². The Morgan fingerprint density at radius 2 is 0.533 bits per heavy atom. The molecular weight excluding hydrogens is 1660 g/mol. The van der Waals surface area contributed by atoms with Crippen molar-refractivity contribution in [3.05, 3.63) is 413 Å². The van der Waals surface area contributed by atoms with Crippen LogP contribution in [0.4, 0.5) is 0 Å². The van der Waals surface area contributed by atoms with Gasteiger partial charge in [-0.3, -0.25) is 0 Å². The summed E-state index contributed by atoms with van der Waals surface area (Å²) in [6.07, 6.45) is 0. The van der Waals surface area contributed by atoms with Crippen LogP contribution < -0.4 is 0 Å². The lowest BCUT2D eigenvalue weighted by atomic mass is 9.54. The van der Waals surface area contributed by atoms with Crippen molar-refractivity contribution in [3.8, 4) is 141 Å². The summed E-state index contributed by atoms with van der Waals surface area (Å²) < 4.78 is 8.70. The van der Waals surface area contributed by atoms with E-state index in [0.717, 1.165) is 55.3 Å². The summed E-state index contributed by atoms with van der Waals surface area (Å²) in [6.45, 7) is 43.2. The summed E-state index contributed by atoms with van der Waals surface area (Å²) in [4.78, 5) is 30.4. The summed E-state index contributed by atoms with van der Waals surface area (Å²) in [5, 5.41) is 4.66. The molecule has 8 nitrogen and oxygen atoms in total. The maximum Gasteiger partial charge on any atom is 0.164 e. The van der Waals surface area contributed by atoms with E-state index in [1.807, 2.05) is 84.9 Å². The van der Waals surface area contributed by atoms with Crippen LogP contribution in [0.1, 0.15) is 191 Å². The van der Waals surface area contributed by atoms with Gasteiger partial charge in [0, 0.05) is 76.9 Å². The van der Waals surface area contributed by atoms with Crippen molar-refractivity contribution in [1.82, 2.24) is 34.5 Å². The molecule has 0 spiro atoms. The fourth-order valence-corrected chi connectivity index (χ4v) is 24.4. The lowest BCUT2D eigenvalue weighted by Gasteiger charge is -2.49. The molecule has 0 aliphatic heterocycles.